The molecule has 0 fully saturated rings. The Hall–Kier alpha value is -0.540. The second-order valence-corrected chi connectivity index (χ2v) is 5.82. The van der Waals surface area contributed by atoms with Crippen LogP contribution in [-0.4, -0.2) is 47.8 Å². The lowest BCUT2D eigenvalue weighted by atomic mass is 10.5. The van der Waals surface area contributed by atoms with Crippen LogP contribution in [0.25, 0.3) is 0 Å². The Kier molecular flexibility index (Phi) is 12.1. The summed E-state index contributed by atoms with van der Waals surface area (Å²) < 4.78 is 0. The molecule has 0 rings (SSSR count). The second-order valence-electron chi connectivity index (χ2n) is 3.05. The minimum Gasteiger partial charge on any atom is -0.211 e. The fourth-order valence-corrected chi connectivity index (χ4v) is 2.90. The third-order valence-corrected chi connectivity index (χ3v) is 4.15. The Morgan fingerprint density at radius 1 is 1.12 bits per heavy atom. The van der Waals surface area contributed by atoms with Crippen molar-refractivity contribution < 1.29 is 9.59 Å². The Morgan fingerprint density at radius 3 is 2.56 bits per heavy atom. The molecule has 0 bridgehead atoms. The molecule has 0 aliphatic heterocycles. The van der Waals surface area contributed by atoms with Gasteiger partial charge in [0, 0.05) is 16.8 Å². The predicted octanol–water partition coefficient (Wildman–Crippen LogP) is 1.90. The van der Waals surface area contributed by atoms with E-state index in [0.717, 1.165) is 23.7 Å². The summed E-state index contributed by atoms with van der Waals surface area (Å²) in [7, 11) is 0. The highest BCUT2D eigenvalue weighted by Gasteiger charge is 2.00. The van der Waals surface area contributed by atoms with E-state index in [-0.39, 0.29) is 0 Å². The summed E-state index contributed by atoms with van der Waals surface area (Å²) in [5.74, 6) is 3.15. The van der Waals surface area contributed by atoms with Crippen LogP contribution in [0.4, 0.5) is 0 Å². The molecule has 0 aromatic heterocycles. The Bertz CT molecular complexity index is 262. The van der Waals surface area contributed by atoms with Crippen LogP contribution in [0.15, 0.2) is 9.98 Å². The maximum Gasteiger partial charge on any atom is 0.234 e. The maximum absolute atomic E-state index is 9.87. The summed E-state index contributed by atoms with van der Waals surface area (Å²) in [5, 5.41) is 0.377. The van der Waals surface area contributed by atoms with Crippen LogP contribution < -0.4 is 0 Å². The topological polar surface area (TPSA) is 58.9 Å². The normalized spacial score (nSPS) is 11.3. The van der Waals surface area contributed by atoms with Gasteiger partial charge in [-0.15, -0.1) is 0 Å². The van der Waals surface area contributed by atoms with Crippen LogP contribution in [0.1, 0.15) is 13.3 Å². The molecule has 0 saturated heterocycles. The van der Waals surface area contributed by atoms with Gasteiger partial charge in [-0.2, -0.15) is 23.5 Å². The van der Waals surface area contributed by atoms with Crippen molar-refractivity contribution in [2.24, 2.45) is 9.98 Å². The van der Waals surface area contributed by atoms with E-state index < -0.39 is 0 Å². The molecular formula is C10H16N2O2S2. The number of hydrogen-bond donors (Lipinski definition) is 0. The highest BCUT2D eigenvalue weighted by atomic mass is 32.2. The van der Waals surface area contributed by atoms with Gasteiger partial charge in [0.05, 0.1) is 13.1 Å². The number of thioether (sulfide) groups is 2. The second kappa shape index (κ2) is 12.5. The number of isocyanates is 2. The summed E-state index contributed by atoms with van der Waals surface area (Å²) in [6.45, 7) is 3.18. The van der Waals surface area contributed by atoms with Crippen LogP contribution >= 0.6 is 23.5 Å². The predicted molar refractivity (Wildman–Crippen MR) is 69.8 cm³/mol. The van der Waals surface area contributed by atoms with Gasteiger partial charge < -0.3 is 0 Å². The van der Waals surface area contributed by atoms with Crippen molar-refractivity contribution in [3.8, 4) is 0 Å². The van der Waals surface area contributed by atoms with Crippen molar-refractivity contribution >= 4 is 35.7 Å². The maximum atomic E-state index is 9.87. The van der Waals surface area contributed by atoms with Gasteiger partial charge in [0.25, 0.3) is 0 Å². The number of aliphatic imine (C=N–C) groups is 2. The Labute approximate surface area is 104 Å². The zero-order valence-corrected chi connectivity index (χ0v) is 11.0. The van der Waals surface area contributed by atoms with Crippen molar-refractivity contribution in [2.75, 3.05) is 30.3 Å². The molecule has 0 aliphatic rings. The molecular weight excluding hydrogens is 244 g/mol. The lowest BCUT2D eigenvalue weighted by molar-refractivity contribution is 0.562. The summed E-state index contributed by atoms with van der Waals surface area (Å²) >= 11 is 3.66. The van der Waals surface area contributed by atoms with Crippen molar-refractivity contribution in [2.45, 2.75) is 18.6 Å². The SMILES string of the molecule is CC(CN=C=O)SCCSCCCN=C=O. The fourth-order valence-electron chi connectivity index (χ4n) is 0.920. The third kappa shape index (κ3) is 11.5. The smallest absolute Gasteiger partial charge is 0.211 e. The zero-order chi connectivity index (χ0) is 12.1. The van der Waals surface area contributed by atoms with Crippen LogP contribution in [-0.2, 0) is 9.59 Å². The van der Waals surface area contributed by atoms with Crippen LogP contribution in [0.2, 0.25) is 0 Å². The van der Waals surface area contributed by atoms with E-state index in [0.29, 0.717) is 18.3 Å². The number of hydrogen-bond acceptors (Lipinski definition) is 6. The van der Waals surface area contributed by atoms with Gasteiger partial charge in [0.15, 0.2) is 0 Å². The molecule has 0 aliphatic carbocycles. The molecule has 4 nitrogen and oxygen atoms in total. The van der Waals surface area contributed by atoms with Gasteiger partial charge in [-0.05, 0) is 12.2 Å². The lowest BCUT2D eigenvalue weighted by Crippen LogP contribution is -2.03. The average molecular weight is 260 g/mol. The van der Waals surface area contributed by atoms with Gasteiger partial charge in [-0.25, -0.2) is 19.6 Å². The molecule has 0 N–H and O–H groups in total. The number of nitrogens with zero attached hydrogens (tertiary/aromatic N) is 2. The first-order chi connectivity index (χ1) is 7.81. The van der Waals surface area contributed by atoms with E-state index in [1.807, 2.05) is 11.8 Å². The van der Waals surface area contributed by atoms with Crippen molar-refractivity contribution in [3.05, 3.63) is 0 Å². The Morgan fingerprint density at radius 2 is 1.88 bits per heavy atom. The molecule has 90 valence electrons. The molecule has 1 unspecified atom stereocenters. The molecule has 0 saturated carbocycles. The molecule has 0 heterocycles. The minimum atomic E-state index is 0.377. The zero-order valence-electron chi connectivity index (χ0n) is 9.35. The van der Waals surface area contributed by atoms with E-state index >= 15 is 0 Å². The Balaban J connectivity index is 3.19. The summed E-state index contributed by atoms with van der Waals surface area (Å²) in [5.41, 5.74) is 0. The largest absolute Gasteiger partial charge is 0.234 e. The van der Waals surface area contributed by atoms with E-state index in [1.165, 1.54) is 6.08 Å². The highest BCUT2D eigenvalue weighted by molar-refractivity contribution is 8.03. The standard InChI is InChI=1S/C10H16N2O2S2/c1-10(7-12-9-14)16-6-5-15-4-2-3-11-8-13/h10H,2-7H2,1H3. The summed E-state index contributed by atoms with van der Waals surface area (Å²) in [4.78, 5) is 26.6. The molecule has 0 radical (unpaired) electrons. The van der Waals surface area contributed by atoms with Gasteiger partial charge >= 0.3 is 0 Å². The van der Waals surface area contributed by atoms with Crippen LogP contribution in [0.5, 0.6) is 0 Å². The van der Waals surface area contributed by atoms with Crippen molar-refractivity contribution in [3.63, 3.8) is 0 Å². The lowest BCUT2D eigenvalue weighted by Gasteiger charge is -2.06. The third-order valence-electron chi connectivity index (χ3n) is 1.67. The molecule has 0 aromatic rings. The first-order valence-electron chi connectivity index (χ1n) is 5.08. The molecule has 0 aromatic carbocycles. The van der Waals surface area contributed by atoms with E-state index in [1.54, 1.807) is 17.8 Å². The van der Waals surface area contributed by atoms with E-state index in [2.05, 4.69) is 16.9 Å². The molecule has 1 atom stereocenters. The monoisotopic (exact) mass is 260 g/mol. The van der Waals surface area contributed by atoms with Gasteiger partial charge in [0.2, 0.25) is 12.2 Å². The quantitative estimate of drug-likeness (QED) is 0.342. The number of carbonyl (C=O) groups excluding carboxylic acids is 2. The van der Waals surface area contributed by atoms with Crippen molar-refractivity contribution in [1.82, 2.24) is 0 Å². The van der Waals surface area contributed by atoms with Gasteiger partial charge in [0.1, 0.15) is 0 Å². The highest BCUT2D eigenvalue weighted by Crippen LogP contribution is 2.13. The molecule has 0 amide bonds. The molecule has 16 heavy (non-hydrogen) atoms. The van der Waals surface area contributed by atoms with Crippen LogP contribution in [0.3, 0.4) is 0 Å². The summed E-state index contributed by atoms with van der Waals surface area (Å²) in [6, 6.07) is 0. The molecule has 6 heteroatoms. The first-order valence-corrected chi connectivity index (χ1v) is 7.28. The van der Waals surface area contributed by atoms with Gasteiger partial charge in [-0.1, -0.05) is 6.92 Å². The summed E-state index contributed by atoms with van der Waals surface area (Å²) in [6.07, 6.45) is 3.99. The fraction of sp³-hybridized carbons (Fsp3) is 0.800. The number of rotatable bonds is 10. The van der Waals surface area contributed by atoms with E-state index in [9.17, 15) is 9.59 Å². The minimum absolute atomic E-state index is 0.377. The molecule has 0 spiro atoms. The van der Waals surface area contributed by atoms with Crippen molar-refractivity contribution in [1.29, 1.82) is 0 Å². The van der Waals surface area contributed by atoms with Gasteiger partial charge in [-0.3, -0.25) is 0 Å². The first kappa shape index (κ1) is 15.5. The van der Waals surface area contributed by atoms with E-state index in [4.69, 9.17) is 0 Å². The average Bonchev–Trinajstić information content (AvgIpc) is 2.30. The van der Waals surface area contributed by atoms with Crippen LogP contribution in [0, 0.1) is 0 Å².